The van der Waals surface area contributed by atoms with E-state index >= 15 is 0 Å². The fraction of sp³-hybridized carbons (Fsp3) is 0. The Kier molecular flexibility index (Phi) is 9.16. The third-order valence-electron chi connectivity index (χ3n) is 7.82. The molecule has 0 aliphatic heterocycles. The fourth-order valence-corrected chi connectivity index (χ4v) is 5.11. The first kappa shape index (κ1) is 32.3. The van der Waals surface area contributed by atoms with Crippen LogP contribution in [0.15, 0.2) is 162 Å². The van der Waals surface area contributed by atoms with Gasteiger partial charge in [-0.3, -0.25) is 19.2 Å². The van der Waals surface area contributed by atoms with Gasteiger partial charge in [0, 0.05) is 33.4 Å². The van der Waals surface area contributed by atoms with E-state index in [1.807, 2.05) is 0 Å². The lowest BCUT2D eigenvalue weighted by molar-refractivity contribution is 0.0817. The topological polar surface area (TPSA) is 126 Å². The molecule has 0 unspecified atom stereocenters. The predicted octanol–water partition coefficient (Wildman–Crippen LogP) is 9.12. The van der Waals surface area contributed by atoms with Crippen LogP contribution in [0.4, 0.5) is 0 Å². The lowest BCUT2D eigenvalue weighted by atomic mass is 10.0. The highest BCUT2D eigenvalue weighted by atomic mass is 16.5. The molecule has 7 rings (SSSR count). The molecule has 7 aromatic rings. The number of carbonyl (C=O) groups is 4. The Morgan fingerprint density at radius 2 is 0.627 bits per heavy atom. The van der Waals surface area contributed by atoms with E-state index in [4.69, 9.17) is 13.9 Å². The van der Waals surface area contributed by atoms with E-state index in [9.17, 15) is 19.2 Å². The number of Topliss-reactive ketones (excluding diaryl/α,β-unsaturated/α-hetero) is 4. The maximum Gasteiger partial charge on any atom is 0.248 e. The number of aromatic nitrogens is 2. The summed E-state index contributed by atoms with van der Waals surface area (Å²) in [6.07, 6.45) is 0. The average Bonchev–Trinajstić information content (AvgIpc) is 3.69. The largest absolute Gasteiger partial charge is 0.457 e. The van der Waals surface area contributed by atoms with Gasteiger partial charge >= 0.3 is 0 Å². The summed E-state index contributed by atoms with van der Waals surface area (Å²) in [5.74, 6) is 0.445. The molecular formula is C42H26N2O7. The number of rotatable bonds is 12. The van der Waals surface area contributed by atoms with Crippen LogP contribution < -0.4 is 9.47 Å². The van der Waals surface area contributed by atoms with Crippen LogP contribution in [0.3, 0.4) is 0 Å². The van der Waals surface area contributed by atoms with E-state index in [1.54, 1.807) is 158 Å². The molecule has 0 N–H and O–H groups in total. The minimum atomic E-state index is -0.587. The van der Waals surface area contributed by atoms with E-state index < -0.39 is 23.1 Å². The number of nitrogens with zero attached hydrogens (tertiary/aromatic N) is 2. The van der Waals surface area contributed by atoms with Crippen molar-refractivity contribution in [3.05, 3.63) is 180 Å². The molecule has 0 fully saturated rings. The number of hydrogen-bond donors (Lipinski definition) is 0. The number of carbonyl (C=O) groups excluding carboxylic acids is 4. The van der Waals surface area contributed by atoms with Crippen molar-refractivity contribution in [3.8, 4) is 45.9 Å². The Morgan fingerprint density at radius 1 is 0.353 bits per heavy atom. The highest BCUT2D eigenvalue weighted by molar-refractivity contribution is 6.49. The minimum absolute atomic E-state index is 0.277. The molecule has 0 saturated carbocycles. The molecule has 1 aromatic heterocycles. The molecule has 0 amide bonds. The van der Waals surface area contributed by atoms with Crippen molar-refractivity contribution in [3.63, 3.8) is 0 Å². The summed E-state index contributed by atoms with van der Waals surface area (Å²) in [5.41, 5.74) is 2.62. The van der Waals surface area contributed by atoms with Gasteiger partial charge in [-0.15, -0.1) is 10.2 Å². The Balaban J connectivity index is 0.940. The van der Waals surface area contributed by atoms with Crippen LogP contribution in [0.25, 0.3) is 22.9 Å². The fourth-order valence-electron chi connectivity index (χ4n) is 5.11. The summed E-state index contributed by atoms with van der Waals surface area (Å²) in [4.78, 5) is 50.2. The van der Waals surface area contributed by atoms with Gasteiger partial charge in [0.15, 0.2) is 0 Å². The van der Waals surface area contributed by atoms with Gasteiger partial charge in [-0.25, -0.2) is 0 Å². The zero-order chi connectivity index (χ0) is 35.2. The summed E-state index contributed by atoms with van der Waals surface area (Å²) >= 11 is 0. The van der Waals surface area contributed by atoms with Gasteiger partial charge in [0.25, 0.3) is 0 Å². The molecule has 0 atom stereocenters. The van der Waals surface area contributed by atoms with Gasteiger partial charge in [-0.2, -0.15) is 0 Å². The zero-order valence-electron chi connectivity index (χ0n) is 26.8. The third-order valence-corrected chi connectivity index (χ3v) is 7.82. The summed E-state index contributed by atoms with van der Waals surface area (Å²) in [5, 5.41) is 8.37. The highest BCUT2D eigenvalue weighted by Crippen LogP contribution is 2.30. The predicted molar refractivity (Wildman–Crippen MR) is 188 cm³/mol. The van der Waals surface area contributed by atoms with E-state index in [-0.39, 0.29) is 11.1 Å². The number of ketones is 4. The molecule has 246 valence electrons. The van der Waals surface area contributed by atoms with Crippen LogP contribution in [-0.2, 0) is 0 Å². The second kappa shape index (κ2) is 14.5. The quantitative estimate of drug-likeness (QED) is 0.0924. The minimum Gasteiger partial charge on any atom is -0.457 e. The normalized spacial score (nSPS) is 10.7. The van der Waals surface area contributed by atoms with E-state index in [1.165, 1.54) is 0 Å². The van der Waals surface area contributed by atoms with Crippen LogP contribution in [-0.4, -0.2) is 33.3 Å². The van der Waals surface area contributed by atoms with Gasteiger partial charge in [0.05, 0.1) is 0 Å². The maximum atomic E-state index is 12.6. The maximum absolute atomic E-state index is 12.6. The van der Waals surface area contributed by atoms with E-state index in [0.29, 0.717) is 57.0 Å². The molecule has 9 heteroatoms. The first-order chi connectivity index (χ1) is 24.9. The first-order valence-corrected chi connectivity index (χ1v) is 15.8. The second-order valence-electron chi connectivity index (χ2n) is 11.3. The van der Waals surface area contributed by atoms with Crippen molar-refractivity contribution < 1.29 is 33.1 Å². The molecule has 0 spiro atoms. The van der Waals surface area contributed by atoms with E-state index in [0.717, 1.165) is 0 Å². The molecule has 0 radical (unpaired) electrons. The highest BCUT2D eigenvalue weighted by Gasteiger charge is 2.19. The smallest absolute Gasteiger partial charge is 0.248 e. The second-order valence-corrected chi connectivity index (χ2v) is 11.3. The van der Waals surface area contributed by atoms with Gasteiger partial charge in [0.1, 0.15) is 23.0 Å². The van der Waals surface area contributed by atoms with Crippen LogP contribution in [0.5, 0.6) is 23.0 Å². The van der Waals surface area contributed by atoms with Gasteiger partial charge in [-0.05, 0) is 97.1 Å². The van der Waals surface area contributed by atoms with Crippen LogP contribution in [0, 0.1) is 0 Å². The van der Waals surface area contributed by atoms with Crippen LogP contribution in [0.1, 0.15) is 41.4 Å². The number of benzene rings is 6. The summed E-state index contributed by atoms with van der Waals surface area (Å²) in [6, 6.07) is 43.8. The molecule has 0 bridgehead atoms. The summed E-state index contributed by atoms with van der Waals surface area (Å²) < 4.78 is 17.8. The van der Waals surface area contributed by atoms with Crippen molar-refractivity contribution in [1.29, 1.82) is 0 Å². The van der Waals surface area contributed by atoms with Crippen molar-refractivity contribution in [2.24, 2.45) is 0 Å². The molecule has 6 aromatic carbocycles. The molecule has 1 heterocycles. The van der Waals surface area contributed by atoms with Crippen LogP contribution >= 0.6 is 0 Å². The van der Waals surface area contributed by atoms with Gasteiger partial charge in [0.2, 0.25) is 34.9 Å². The Hall–Kier alpha value is -7.26. The third kappa shape index (κ3) is 7.43. The lowest BCUT2D eigenvalue weighted by Gasteiger charge is -2.07. The van der Waals surface area contributed by atoms with Crippen molar-refractivity contribution in [1.82, 2.24) is 10.2 Å². The first-order valence-electron chi connectivity index (χ1n) is 15.8. The summed E-state index contributed by atoms with van der Waals surface area (Å²) in [7, 11) is 0. The molecule has 51 heavy (non-hydrogen) atoms. The number of ether oxygens (including phenoxy) is 2. The van der Waals surface area contributed by atoms with Crippen molar-refractivity contribution in [2.45, 2.75) is 0 Å². The lowest BCUT2D eigenvalue weighted by Crippen LogP contribution is -2.14. The van der Waals surface area contributed by atoms with Crippen molar-refractivity contribution in [2.75, 3.05) is 0 Å². The summed E-state index contributed by atoms with van der Waals surface area (Å²) in [6.45, 7) is 0. The Bertz CT molecular complexity index is 2170. The van der Waals surface area contributed by atoms with Gasteiger partial charge < -0.3 is 13.9 Å². The van der Waals surface area contributed by atoms with Crippen LogP contribution in [0.2, 0.25) is 0 Å². The molecule has 9 nitrogen and oxygen atoms in total. The SMILES string of the molecule is O=C(C(=O)c1ccc(Oc2ccc(-c3nnc(-c4ccc(Oc5ccc(C(=O)C(=O)c6ccccc6)cc5)cc4)o3)cc2)cc1)c1ccccc1. The van der Waals surface area contributed by atoms with Gasteiger partial charge in [-0.1, -0.05) is 60.7 Å². The van der Waals surface area contributed by atoms with Crippen molar-refractivity contribution >= 4 is 23.1 Å². The monoisotopic (exact) mass is 670 g/mol. The Labute approximate surface area is 291 Å². The number of hydrogen-bond acceptors (Lipinski definition) is 9. The molecule has 0 aliphatic carbocycles. The molecular weight excluding hydrogens is 644 g/mol. The zero-order valence-corrected chi connectivity index (χ0v) is 26.8. The Morgan fingerprint density at radius 3 is 0.941 bits per heavy atom. The van der Waals surface area contributed by atoms with E-state index in [2.05, 4.69) is 10.2 Å². The molecule has 0 aliphatic rings. The standard InChI is InChI=1S/C42H26N2O7/c45-37(27-7-3-1-4-8-27)39(47)29-11-19-33(20-12-29)49-35-23-15-31(16-24-35)41-43-44-42(51-41)32-17-25-36(26-18-32)50-34-21-13-30(14-22-34)40(48)38(46)28-9-5-2-6-10-28/h1-26H. The average molecular weight is 671 g/mol. The molecule has 0 saturated heterocycles.